The smallest absolute Gasteiger partial charge is 0.416 e. The Labute approximate surface area is 120 Å². The van der Waals surface area contributed by atoms with Gasteiger partial charge in [-0.2, -0.15) is 18.3 Å². The molecule has 21 heavy (non-hydrogen) atoms. The van der Waals surface area contributed by atoms with Crippen LogP contribution in [0.4, 0.5) is 13.2 Å². The number of rotatable bonds is 4. The van der Waals surface area contributed by atoms with Crippen LogP contribution in [-0.4, -0.2) is 16.9 Å². The molecule has 2 N–H and O–H groups in total. The second kappa shape index (κ2) is 5.77. The van der Waals surface area contributed by atoms with Gasteiger partial charge < -0.3 is 10.5 Å². The molecule has 0 amide bonds. The van der Waals surface area contributed by atoms with Crippen LogP contribution in [0.5, 0.6) is 5.75 Å². The minimum absolute atomic E-state index is 0.397. The van der Waals surface area contributed by atoms with Crippen molar-refractivity contribution in [2.45, 2.75) is 18.6 Å². The summed E-state index contributed by atoms with van der Waals surface area (Å²) in [6, 6.07) is 4.58. The second-order valence-electron chi connectivity index (χ2n) is 4.73. The molecular weight excluding hydrogens is 283 g/mol. The van der Waals surface area contributed by atoms with Gasteiger partial charge in [0.1, 0.15) is 0 Å². The van der Waals surface area contributed by atoms with Gasteiger partial charge >= 0.3 is 6.18 Å². The van der Waals surface area contributed by atoms with E-state index in [9.17, 15) is 13.2 Å². The third-order valence-corrected chi connectivity index (χ3v) is 3.26. The highest BCUT2D eigenvalue weighted by atomic mass is 19.4. The first-order chi connectivity index (χ1) is 9.82. The van der Waals surface area contributed by atoms with E-state index in [2.05, 4.69) is 5.10 Å². The van der Waals surface area contributed by atoms with Crippen LogP contribution in [0, 0.1) is 0 Å². The molecule has 1 unspecified atom stereocenters. The van der Waals surface area contributed by atoms with Crippen molar-refractivity contribution in [1.82, 2.24) is 9.78 Å². The number of nitrogens with zero attached hydrogens (tertiary/aromatic N) is 2. The number of nitrogens with two attached hydrogens (primary N) is 1. The van der Waals surface area contributed by atoms with Crippen molar-refractivity contribution in [1.29, 1.82) is 0 Å². The topological polar surface area (TPSA) is 53.1 Å². The molecule has 1 atom stereocenters. The lowest BCUT2D eigenvalue weighted by Crippen LogP contribution is -2.18. The maximum atomic E-state index is 12.5. The summed E-state index contributed by atoms with van der Waals surface area (Å²) in [6.45, 7) is 0. The van der Waals surface area contributed by atoms with Crippen LogP contribution in [0.2, 0.25) is 0 Å². The van der Waals surface area contributed by atoms with Crippen LogP contribution in [0.3, 0.4) is 0 Å². The molecule has 0 fully saturated rings. The first-order valence-corrected chi connectivity index (χ1v) is 6.30. The average Bonchev–Trinajstić information content (AvgIpc) is 2.79. The minimum Gasteiger partial charge on any atom is -0.493 e. The fourth-order valence-corrected chi connectivity index (χ4v) is 2.19. The molecule has 4 nitrogen and oxygen atoms in total. The number of aryl methyl sites for hydroxylation is 1. The third-order valence-electron chi connectivity index (χ3n) is 3.26. The molecule has 1 aromatic carbocycles. The molecule has 0 aliphatic carbocycles. The van der Waals surface area contributed by atoms with Crippen LogP contribution >= 0.6 is 0 Å². The van der Waals surface area contributed by atoms with Crippen molar-refractivity contribution in [3.8, 4) is 5.75 Å². The van der Waals surface area contributed by atoms with Crippen LogP contribution in [0.15, 0.2) is 30.5 Å². The van der Waals surface area contributed by atoms with Crippen molar-refractivity contribution in [3.63, 3.8) is 0 Å². The lowest BCUT2D eigenvalue weighted by molar-refractivity contribution is -0.137. The Morgan fingerprint density at radius 3 is 2.43 bits per heavy atom. The fourth-order valence-electron chi connectivity index (χ4n) is 2.19. The largest absolute Gasteiger partial charge is 0.493 e. The summed E-state index contributed by atoms with van der Waals surface area (Å²) in [5.74, 6) is 0.567. The van der Waals surface area contributed by atoms with E-state index in [4.69, 9.17) is 10.5 Å². The van der Waals surface area contributed by atoms with E-state index in [0.29, 0.717) is 17.9 Å². The van der Waals surface area contributed by atoms with Crippen molar-refractivity contribution < 1.29 is 17.9 Å². The molecule has 0 radical (unpaired) electrons. The Balaban J connectivity index is 2.16. The quantitative estimate of drug-likeness (QED) is 0.944. The SMILES string of the molecule is COc1cnn(C)c1C(N)Cc1ccc(C(F)(F)F)cc1. The molecule has 0 aliphatic heterocycles. The number of ether oxygens (including phenoxy) is 1. The Morgan fingerprint density at radius 1 is 1.29 bits per heavy atom. The summed E-state index contributed by atoms with van der Waals surface area (Å²) in [7, 11) is 3.26. The maximum Gasteiger partial charge on any atom is 0.416 e. The molecule has 0 aliphatic rings. The molecule has 1 aromatic heterocycles. The van der Waals surface area contributed by atoms with Gasteiger partial charge in [0, 0.05) is 7.05 Å². The molecular formula is C14H16F3N3O. The van der Waals surface area contributed by atoms with Gasteiger partial charge in [0.25, 0.3) is 0 Å². The number of halogens is 3. The van der Waals surface area contributed by atoms with E-state index >= 15 is 0 Å². The van der Waals surface area contributed by atoms with E-state index in [1.54, 1.807) is 17.9 Å². The van der Waals surface area contributed by atoms with Gasteiger partial charge in [0.05, 0.1) is 30.6 Å². The molecule has 114 valence electrons. The van der Waals surface area contributed by atoms with Gasteiger partial charge in [-0.15, -0.1) is 0 Å². The highest BCUT2D eigenvalue weighted by Crippen LogP contribution is 2.30. The Bertz CT molecular complexity index is 605. The van der Waals surface area contributed by atoms with Crippen LogP contribution in [-0.2, 0) is 19.6 Å². The van der Waals surface area contributed by atoms with E-state index in [0.717, 1.165) is 17.7 Å². The normalized spacial score (nSPS) is 13.2. The van der Waals surface area contributed by atoms with Gasteiger partial charge in [-0.25, -0.2) is 0 Å². The van der Waals surface area contributed by atoms with Gasteiger partial charge in [-0.1, -0.05) is 12.1 Å². The Morgan fingerprint density at radius 2 is 1.90 bits per heavy atom. The first kappa shape index (κ1) is 15.4. The first-order valence-electron chi connectivity index (χ1n) is 6.30. The Hall–Kier alpha value is -2.02. The monoisotopic (exact) mass is 299 g/mol. The van der Waals surface area contributed by atoms with Gasteiger partial charge in [-0.3, -0.25) is 4.68 Å². The molecule has 7 heteroatoms. The number of aromatic nitrogens is 2. The summed E-state index contributed by atoms with van der Waals surface area (Å²) in [5, 5.41) is 4.06. The lowest BCUT2D eigenvalue weighted by atomic mass is 10.0. The van der Waals surface area contributed by atoms with Crippen LogP contribution in [0.25, 0.3) is 0 Å². The predicted molar refractivity (Wildman–Crippen MR) is 71.8 cm³/mol. The van der Waals surface area contributed by atoms with Gasteiger partial charge in [-0.05, 0) is 24.1 Å². The number of hydrogen-bond acceptors (Lipinski definition) is 3. The summed E-state index contributed by atoms with van der Waals surface area (Å²) in [4.78, 5) is 0. The molecule has 1 heterocycles. The summed E-state index contributed by atoms with van der Waals surface area (Å²) in [5.41, 5.74) is 6.87. The van der Waals surface area contributed by atoms with E-state index < -0.39 is 17.8 Å². The molecule has 2 aromatic rings. The minimum atomic E-state index is -4.33. The van der Waals surface area contributed by atoms with Crippen molar-refractivity contribution in [2.24, 2.45) is 12.8 Å². The number of methoxy groups -OCH3 is 1. The molecule has 0 saturated heterocycles. The molecule has 2 rings (SSSR count). The zero-order valence-corrected chi connectivity index (χ0v) is 11.7. The van der Waals surface area contributed by atoms with Crippen molar-refractivity contribution in [2.75, 3.05) is 7.11 Å². The predicted octanol–water partition coefficient (Wildman–Crippen LogP) is 2.69. The number of alkyl halides is 3. The van der Waals surface area contributed by atoms with Crippen LogP contribution < -0.4 is 10.5 Å². The van der Waals surface area contributed by atoms with E-state index in [-0.39, 0.29) is 0 Å². The van der Waals surface area contributed by atoms with Crippen molar-refractivity contribution >= 4 is 0 Å². The highest BCUT2D eigenvalue weighted by molar-refractivity contribution is 5.31. The van der Waals surface area contributed by atoms with E-state index in [1.165, 1.54) is 19.2 Å². The zero-order chi connectivity index (χ0) is 15.6. The zero-order valence-electron chi connectivity index (χ0n) is 11.7. The molecule has 0 spiro atoms. The average molecular weight is 299 g/mol. The molecule has 0 bridgehead atoms. The van der Waals surface area contributed by atoms with Gasteiger partial charge in [0.2, 0.25) is 0 Å². The number of hydrogen-bond donors (Lipinski definition) is 1. The Kier molecular flexibility index (Phi) is 4.22. The second-order valence-corrected chi connectivity index (χ2v) is 4.73. The third kappa shape index (κ3) is 3.36. The maximum absolute atomic E-state index is 12.5. The van der Waals surface area contributed by atoms with Gasteiger partial charge in [0.15, 0.2) is 5.75 Å². The fraction of sp³-hybridized carbons (Fsp3) is 0.357. The summed E-state index contributed by atoms with van der Waals surface area (Å²) >= 11 is 0. The van der Waals surface area contributed by atoms with E-state index in [1.807, 2.05) is 0 Å². The van der Waals surface area contributed by atoms with Crippen molar-refractivity contribution in [3.05, 3.63) is 47.3 Å². The molecule has 0 saturated carbocycles. The van der Waals surface area contributed by atoms with Crippen LogP contribution in [0.1, 0.15) is 22.9 Å². The summed E-state index contributed by atoms with van der Waals surface area (Å²) < 4.78 is 44.3. The highest BCUT2D eigenvalue weighted by Gasteiger charge is 2.30. The number of benzene rings is 1. The lowest BCUT2D eigenvalue weighted by Gasteiger charge is -2.14. The standard InChI is InChI=1S/C14H16F3N3O/c1-20-13(12(21-2)8-19-20)11(18)7-9-3-5-10(6-4-9)14(15,16)17/h3-6,8,11H,7,18H2,1-2H3. The summed E-state index contributed by atoms with van der Waals surface area (Å²) in [6.07, 6.45) is -2.37.